The van der Waals surface area contributed by atoms with E-state index in [9.17, 15) is 0 Å². The van der Waals surface area contributed by atoms with Gasteiger partial charge >= 0.3 is 0 Å². The zero-order valence-corrected chi connectivity index (χ0v) is 11.6. The van der Waals surface area contributed by atoms with Gasteiger partial charge in [0.25, 0.3) is 0 Å². The molecule has 0 amide bonds. The Morgan fingerprint density at radius 1 is 1.05 bits per heavy atom. The first-order valence-electron chi connectivity index (χ1n) is 6.78. The fraction of sp³-hybridized carbons (Fsp3) is 0.176. The van der Waals surface area contributed by atoms with Crippen LogP contribution in [0.5, 0.6) is 0 Å². The lowest BCUT2D eigenvalue weighted by molar-refractivity contribution is 0.976. The van der Waals surface area contributed by atoms with Crippen LogP contribution in [-0.2, 0) is 0 Å². The van der Waals surface area contributed by atoms with Crippen LogP contribution in [0.25, 0.3) is 11.1 Å². The molecule has 0 atom stereocenters. The summed E-state index contributed by atoms with van der Waals surface area (Å²) in [7, 11) is 0. The molecule has 3 heteroatoms. The Morgan fingerprint density at radius 3 is 2.45 bits per heavy atom. The van der Waals surface area contributed by atoms with Crippen LogP contribution in [0.2, 0.25) is 0 Å². The average molecular weight is 265 g/mol. The highest BCUT2D eigenvalue weighted by atomic mass is 14.9. The number of hydrogen-bond acceptors (Lipinski definition) is 1. The summed E-state index contributed by atoms with van der Waals surface area (Å²) in [5.41, 5.74) is 9.08. The first kappa shape index (κ1) is 14.0. The molecule has 0 saturated heterocycles. The minimum Gasteiger partial charge on any atom is -0.383 e. The summed E-state index contributed by atoms with van der Waals surface area (Å²) < 4.78 is 0. The van der Waals surface area contributed by atoms with Crippen LogP contribution in [-0.4, -0.2) is 11.7 Å². The van der Waals surface area contributed by atoms with Gasteiger partial charge in [-0.1, -0.05) is 55.5 Å². The molecule has 0 fully saturated rings. The molecule has 0 bridgehead atoms. The van der Waals surface area contributed by atoms with Crippen LogP contribution in [0.3, 0.4) is 0 Å². The van der Waals surface area contributed by atoms with Gasteiger partial charge in [0.15, 0.2) is 0 Å². The lowest BCUT2D eigenvalue weighted by atomic mass is 10.0. The highest BCUT2D eigenvalue weighted by Gasteiger charge is 2.03. The lowest BCUT2D eigenvalue weighted by Gasteiger charge is -2.06. The molecule has 0 aliphatic rings. The monoisotopic (exact) mass is 265 g/mol. The molecule has 2 aromatic rings. The van der Waals surface area contributed by atoms with Gasteiger partial charge in [-0.15, -0.1) is 0 Å². The van der Waals surface area contributed by atoms with Crippen molar-refractivity contribution in [3.63, 3.8) is 0 Å². The fourth-order valence-corrected chi connectivity index (χ4v) is 1.99. The van der Waals surface area contributed by atoms with Gasteiger partial charge in [-0.05, 0) is 23.6 Å². The number of benzene rings is 2. The van der Waals surface area contributed by atoms with Crippen molar-refractivity contribution in [1.29, 1.82) is 5.41 Å². The maximum absolute atomic E-state index is 7.72. The number of aliphatic imine (C=N–C) groups is 1. The first-order chi connectivity index (χ1) is 9.70. The molecule has 0 heterocycles. The zero-order valence-electron chi connectivity index (χ0n) is 11.6. The molecule has 0 aliphatic heterocycles. The van der Waals surface area contributed by atoms with E-state index >= 15 is 0 Å². The molecule has 20 heavy (non-hydrogen) atoms. The third-order valence-corrected chi connectivity index (χ3v) is 3.01. The smallest absolute Gasteiger partial charge is 0.132 e. The number of hydrogen-bond donors (Lipinski definition) is 2. The van der Waals surface area contributed by atoms with E-state index in [0.29, 0.717) is 18.1 Å². The maximum Gasteiger partial charge on any atom is 0.132 e. The van der Waals surface area contributed by atoms with Gasteiger partial charge in [0, 0.05) is 12.0 Å². The summed E-state index contributed by atoms with van der Waals surface area (Å²) in [4.78, 5) is 4.15. The third kappa shape index (κ3) is 3.54. The van der Waals surface area contributed by atoms with Crippen molar-refractivity contribution in [3.05, 3.63) is 60.2 Å². The number of nitrogens with zero attached hydrogens (tertiary/aromatic N) is 1. The normalized spacial score (nSPS) is 11.3. The quantitative estimate of drug-likeness (QED) is 0.640. The Balaban J connectivity index is 2.28. The Labute approximate surface area is 119 Å². The molecule has 0 aliphatic carbocycles. The second-order valence-electron chi connectivity index (χ2n) is 4.64. The third-order valence-electron chi connectivity index (χ3n) is 3.01. The van der Waals surface area contributed by atoms with Gasteiger partial charge in [-0.25, -0.2) is 4.99 Å². The van der Waals surface area contributed by atoms with E-state index in [1.807, 2.05) is 49.4 Å². The summed E-state index contributed by atoms with van der Waals surface area (Å²) in [5.74, 6) is 0.733. The summed E-state index contributed by atoms with van der Waals surface area (Å²) in [6.07, 6.45) is 1.55. The zero-order chi connectivity index (χ0) is 14.4. The van der Waals surface area contributed by atoms with Gasteiger partial charge in [-0.2, -0.15) is 0 Å². The van der Waals surface area contributed by atoms with E-state index in [4.69, 9.17) is 11.1 Å². The average Bonchev–Trinajstić information content (AvgIpc) is 2.48. The topological polar surface area (TPSA) is 62.2 Å². The molecule has 0 radical (unpaired) electrons. The largest absolute Gasteiger partial charge is 0.383 e. The first-order valence-corrected chi connectivity index (χ1v) is 6.78. The van der Waals surface area contributed by atoms with Crippen molar-refractivity contribution in [2.45, 2.75) is 19.8 Å². The number of amidine groups is 2. The standard InChI is InChI=1S/C17H19N3/c1-2-7-16(18)20-17(19)15-11-6-10-14(12-15)13-8-4-3-5-9-13/h3-6,8-12H,2,7H2,1H3,(H3,18,19,20). The summed E-state index contributed by atoms with van der Waals surface area (Å²) in [6.45, 7) is 2.02. The van der Waals surface area contributed by atoms with Crippen LogP contribution in [0.1, 0.15) is 25.3 Å². The molecular weight excluding hydrogens is 246 g/mol. The Morgan fingerprint density at radius 2 is 1.75 bits per heavy atom. The molecule has 3 N–H and O–H groups in total. The van der Waals surface area contributed by atoms with Crippen LogP contribution >= 0.6 is 0 Å². The molecule has 0 aromatic heterocycles. The molecular formula is C17H19N3. The summed E-state index contributed by atoms with van der Waals surface area (Å²) >= 11 is 0. The maximum atomic E-state index is 7.72. The Kier molecular flexibility index (Phi) is 4.66. The van der Waals surface area contributed by atoms with Crippen molar-refractivity contribution >= 4 is 11.7 Å². The fourth-order valence-electron chi connectivity index (χ4n) is 1.99. The van der Waals surface area contributed by atoms with E-state index in [2.05, 4.69) is 17.1 Å². The van der Waals surface area contributed by atoms with Crippen LogP contribution in [0, 0.1) is 5.41 Å². The number of nitrogens with one attached hydrogen (secondary N) is 1. The molecule has 0 unspecified atom stereocenters. The van der Waals surface area contributed by atoms with E-state index in [1.165, 1.54) is 0 Å². The second kappa shape index (κ2) is 6.66. The minimum atomic E-state index is 0.329. The van der Waals surface area contributed by atoms with Crippen molar-refractivity contribution in [1.82, 2.24) is 0 Å². The van der Waals surface area contributed by atoms with Gasteiger partial charge in [0.05, 0.1) is 0 Å². The van der Waals surface area contributed by atoms with E-state index in [1.54, 1.807) is 0 Å². The van der Waals surface area contributed by atoms with Gasteiger partial charge in [0.1, 0.15) is 11.7 Å². The SMILES string of the molecule is CCCC(=N)/N=C(\N)c1cccc(-c2ccccc2)c1. The van der Waals surface area contributed by atoms with E-state index < -0.39 is 0 Å². The highest BCUT2D eigenvalue weighted by molar-refractivity contribution is 6.05. The highest BCUT2D eigenvalue weighted by Crippen LogP contribution is 2.19. The van der Waals surface area contributed by atoms with E-state index in [-0.39, 0.29) is 0 Å². The van der Waals surface area contributed by atoms with Crippen molar-refractivity contribution in [2.75, 3.05) is 0 Å². The lowest BCUT2D eigenvalue weighted by Crippen LogP contribution is -2.15. The molecule has 102 valence electrons. The second-order valence-corrected chi connectivity index (χ2v) is 4.64. The van der Waals surface area contributed by atoms with Crippen LogP contribution in [0.4, 0.5) is 0 Å². The summed E-state index contributed by atoms with van der Waals surface area (Å²) in [5, 5.41) is 7.72. The summed E-state index contributed by atoms with van der Waals surface area (Å²) in [6, 6.07) is 18.1. The van der Waals surface area contributed by atoms with Gasteiger partial charge in [-0.3, -0.25) is 5.41 Å². The molecule has 0 saturated carbocycles. The van der Waals surface area contributed by atoms with Gasteiger partial charge < -0.3 is 5.73 Å². The van der Waals surface area contributed by atoms with Gasteiger partial charge in [0.2, 0.25) is 0 Å². The molecule has 2 aromatic carbocycles. The predicted octanol–water partition coefficient (Wildman–Crippen LogP) is 3.84. The Bertz CT molecular complexity index is 615. The van der Waals surface area contributed by atoms with Crippen LogP contribution < -0.4 is 5.73 Å². The van der Waals surface area contributed by atoms with Crippen molar-refractivity contribution < 1.29 is 0 Å². The van der Waals surface area contributed by atoms with Crippen LogP contribution in [0.15, 0.2) is 59.6 Å². The molecule has 0 spiro atoms. The predicted molar refractivity (Wildman–Crippen MR) is 85.2 cm³/mol. The Hall–Kier alpha value is -2.42. The van der Waals surface area contributed by atoms with Crippen molar-refractivity contribution in [3.8, 4) is 11.1 Å². The minimum absolute atomic E-state index is 0.329. The van der Waals surface area contributed by atoms with E-state index in [0.717, 1.165) is 23.1 Å². The molecule has 2 rings (SSSR count). The number of nitrogens with two attached hydrogens (primary N) is 1. The van der Waals surface area contributed by atoms with Crippen molar-refractivity contribution in [2.24, 2.45) is 10.7 Å². The molecule has 3 nitrogen and oxygen atoms in total. The number of rotatable bonds is 4.